The largest absolute Gasteiger partial charge is 0.381 e. The number of carbonyl (C=O) groups excluding carboxylic acids is 1. The Hall–Kier alpha value is -2.67. The lowest BCUT2D eigenvalue weighted by Gasteiger charge is -2.31. The van der Waals surface area contributed by atoms with Gasteiger partial charge in [0.1, 0.15) is 0 Å². The highest BCUT2D eigenvalue weighted by Gasteiger charge is 2.29. The molecule has 3 aromatic rings. The molecule has 1 saturated heterocycles. The third kappa shape index (κ3) is 4.19. The second kappa shape index (κ2) is 7.99. The number of fused-ring (bicyclic) bond motifs is 1. The highest BCUT2D eigenvalue weighted by molar-refractivity contribution is 5.98. The lowest BCUT2D eigenvalue weighted by Crippen LogP contribution is -2.39. The molecule has 2 aromatic heterocycles. The smallest absolute Gasteiger partial charge is 0.253 e. The van der Waals surface area contributed by atoms with Crippen LogP contribution in [0.2, 0.25) is 0 Å². The molecule has 2 aliphatic rings. The van der Waals surface area contributed by atoms with Crippen molar-refractivity contribution in [3.63, 3.8) is 0 Å². The molecule has 29 heavy (non-hydrogen) atoms. The van der Waals surface area contributed by atoms with E-state index in [9.17, 15) is 4.79 Å². The van der Waals surface area contributed by atoms with Gasteiger partial charge in [-0.15, -0.1) is 0 Å². The number of benzene rings is 1. The van der Waals surface area contributed by atoms with Crippen molar-refractivity contribution < 1.29 is 14.1 Å². The number of nitrogens with one attached hydrogen (secondary N) is 1. The first-order valence-electron chi connectivity index (χ1n) is 10.5. The molecule has 3 heterocycles. The minimum Gasteiger partial charge on any atom is -0.381 e. The molecule has 7 heteroatoms. The highest BCUT2D eigenvalue weighted by Crippen LogP contribution is 2.29. The maximum absolute atomic E-state index is 13.0. The molecule has 1 unspecified atom stereocenters. The summed E-state index contributed by atoms with van der Waals surface area (Å²) in [5, 5.41) is 5.22. The van der Waals surface area contributed by atoms with Crippen LogP contribution in [-0.2, 0) is 11.2 Å². The molecular weight excluding hydrogens is 368 g/mol. The van der Waals surface area contributed by atoms with Crippen LogP contribution in [0.3, 0.4) is 0 Å². The minimum absolute atomic E-state index is 0.0550. The molecule has 0 radical (unpaired) electrons. The van der Waals surface area contributed by atoms with Crippen LogP contribution in [0, 0.1) is 5.92 Å². The predicted molar refractivity (Wildman–Crippen MR) is 108 cm³/mol. The number of amides is 1. The zero-order valence-electron chi connectivity index (χ0n) is 16.5. The second-order valence-electron chi connectivity index (χ2n) is 8.19. The Balaban J connectivity index is 1.20. The van der Waals surface area contributed by atoms with E-state index in [4.69, 9.17) is 9.26 Å². The lowest BCUT2D eigenvalue weighted by molar-refractivity contribution is 0.0696. The number of aromatic amines is 1. The Bertz CT molecular complexity index is 991. The summed E-state index contributed by atoms with van der Waals surface area (Å²) in [4.78, 5) is 22.7. The first-order chi connectivity index (χ1) is 14.3. The van der Waals surface area contributed by atoms with Gasteiger partial charge in [-0.2, -0.15) is 4.98 Å². The van der Waals surface area contributed by atoms with Crippen molar-refractivity contribution >= 4 is 16.8 Å². The summed E-state index contributed by atoms with van der Waals surface area (Å²) in [6.45, 7) is 2.85. The van der Waals surface area contributed by atoms with E-state index in [2.05, 4.69) is 15.1 Å². The molecule has 7 nitrogen and oxygen atoms in total. The van der Waals surface area contributed by atoms with Gasteiger partial charge in [-0.05, 0) is 55.2 Å². The van der Waals surface area contributed by atoms with Gasteiger partial charge >= 0.3 is 0 Å². The third-order valence-electron chi connectivity index (χ3n) is 5.86. The van der Waals surface area contributed by atoms with Gasteiger partial charge in [0, 0.05) is 43.4 Å². The number of H-pyrrole nitrogens is 1. The Kier molecular flexibility index (Phi) is 5.06. The summed E-state index contributed by atoms with van der Waals surface area (Å²) in [6, 6.07) is 7.81. The molecule has 5 rings (SSSR count). The van der Waals surface area contributed by atoms with E-state index in [0.29, 0.717) is 36.9 Å². The van der Waals surface area contributed by atoms with Crippen LogP contribution in [-0.4, -0.2) is 52.2 Å². The second-order valence-corrected chi connectivity index (χ2v) is 8.19. The van der Waals surface area contributed by atoms with Gasteiger partial charge in [-0.3, -0.25) is 4.79 Å². The molecule has 1 aliphatic carbocycles. The molecule has 1 amide bonds. The fraction of sp³-hybridized carbons (Fsp3) is 0.500. The molecular formula is C22H26N4O3. The Morgan fingerprint density at radius 3 is 3.10 bits per heavy atom. The molecule has 2 fully saturated rings. The first-order valence-corrected chi connectivity index (χ1v) is 10.5. The van der Waals surface area contributed by atoms with Crippen LogP contribution in [0.5, 0.6) is 0 Å². The number of aromatic nitrogens is 3. The molecule has 0 bridgehead atoms. The Morgan fingerprint density at radius 2 is 2.21 bits per heavy atom. The van der Waals surface area contributed by atoms with Gasteiger partial charge in [-0.25, -0.2) is 0 Å². The number of nitrogens with zero attached hydrogens (tertiary/aromatic N) is 3. The monoisotopic (exact) mass is 394 g/mol. The average molecular weight is 394 g/mol. The van der Waals surface area contributed by atoms with Crippen LogP contribution < -0.4 is 0 Å². The first kappa shape index (κ1) is 18.4. The van der Waals surface area contributed by atoms with Gasteiger partial charge in [0.15, 0.2) is 5.82 Å². The zero-order chi connectivity index (χ0) is 19.6. The molecule has 1 saturated carbocycles. The SMILES string of the molecule is O=C(c1ccc2cc[nH]c2c1)N1CCCC(c2nc(CCOCC3CC3)no2)C1. The van der Waals surface area contributed by atoms with E-state index < -0.39 is 0 Å². The van der Waals surface area contributed by atoms with Crippen molar-refractivity contribution in [2.24, 2.45) is 5.92 Å². The number of hydrogen-bond donors (Lipinski definition) is 1. The fourth-order valence-corrected chi connectivity index (χ4v) is 3.96. The van der Waals surface area contributed by atoms with Gasteiger partial charge in [0.05, 0.1) is 12.5 Å². The fourth-order valence-electron chi connectivity index (χ4n) is 3.96. The summed E-state index contributed by atoms with van der Waals surface area (Å²) in [6.07, 6.45) is 7.04. The number of carbonyl (C=O) groups is 1. The van der Waals surface area contributed by atoms with E-state index in [0.717, 1.165) is 42.8 Å². The van der Waals surface area contributed by atoms with Crippen molar-refractivity contribution in [3.8, 4) is 0 Å². The van der Waals surface area contributed by atoms with E-state index in [1.54, 1.807) is 0 Å². The van der Waals surface area contributed by atoms with Crippen molar-refractivity contribution in [1.82, 2.24) is 20.0 Å². The highest BCUT2D eigenvalue weighted by atomic mass is 16.5. The molecule has 1 N–H and O–H groups in total. The topological polar surface area (TPSA) is 84.2 Å². The van der Waals surface area contributed by atoms with Crippen LogP contribution in [0.25, 0.3) is 10.9 Å². The van der Waals surface area contributed by atoms with Crippen molar-refractivity contribution in [3.05, 3.63) is 47.7 Å². The average Bonchev–Trinajstić information content (AvgIpc) is 3.26. The lowest BCUT2D eigenvalue weighted by atomic mass is 9.97. The summed E-state index contributed by atoms with van der Waals surface area (Å²) >= 11 is 0. The maximum Gasteiger partial charge on any atom is 0.253 e. The molecule has 1 aromatic carbocycles. The maximum atomic E-state index is 13.0. The number of hydrogen-bond acceptors (Lipinski definition) is 5. The minimum atomic E-state index is 0.0550. The van der Waals surface area contributed by atoms with E-state index >= 15 is 0 Å². The van der Waals surface area contributed by atoms with Crippen LogP contribution >= 0.6 is 0 Å². The molecule has 1 atom stereocenters. The number of likely N-dealkylation sites (tertiary alicyclic amines) is 1. The number of rotatable bonds is 7. The van der Waals surface area contributed by atoms with E-state index in [1.807, 2.05) is 35.4 Å². The van der Waals surface area contributed by atoms with Gasteiger partial charge in [-0.1, -0.05) is 11.2 Å². The van der Waals surface area contributed by atoms with Crippen molar-refractivity contribution in [1.29, 1.82) is 0 Å². The van der Waals surface area contributed by atoms with Crippen molar-refractivity contribution in [2.75, 3.05) is 26.3 Å². The number of ether oxygens (including phenoxy) is 1. The van der Waals surface area contributed by atoms with Gasteiger partial charge < -0.3 is 19.1 Å². The third-order valence-corrected chi connectivity index (χ3v) is 5.86. The normalized spacial score (nSPS) is 19.7. The summed E-state index contributed by atoms with van der Waals surface area (Å²) in [7, 11) is 0. The standard InChI is InChI=1S/C22H26N4O3/c27-22(17-6-5-16-7-9-23-19(16)12-17)26-10-1-2-18(13-26)21-24-20(25-29-21)8-11-28-14-15-3-4-15/h5-7,9,12,15,18,23H,1-4,8,10-11,13-14H2. The Morgan fingerprint density at radius 1 is 1.28 bits per heavy atom. The zero-order valence-corrected chi connectivity index (χ0v) is 16.5. The number of piperidine rings is 1. The summed E-state index contributed by atoms with van der Waals surface area (Å²) in [5.74, 6) is 2.24. The van der Waals surface area contributed by atoms with Gasteiger partial charge in [0.25, 0.3) is 5.91 Å². The molecule has 152 valence electrons. The van der Waals surface area contributed by atoms with Crippen molar-refractivity contribution in [2.45, 2.75) is 38.0 Å². The van der Waals surface area contributed by atoms with E-state index in [1.165, 1.54) is 12.8 Å². The predicted octanol–water partition coefficient (Wildman–Crippen LogP) is 3.54. The van der Waals surface area contributed by atoms with Crippen LogP contribution in [0.4, 0.5) is 0 Å². The summed E-state index contributed by atoms with van der Waals surface area (Å²) < 4.78 is 11.2. The molecule has 1 aliphatic heterocycles. The molecule has 0 spiro atoms. The van der Waals surface area contributed by atoms with E-state index in [-0.39, 0.29) is 11.8 Å². The van der Waals surface area contributed by atoms with Crippen LogP contribution in [0.1, 0.15) is 53.7 Å². The summed E-state index contributed by atoms with van der Waals surface area (Å²) in [5.41, 5.74) is 1.69. The van der Waals surface area contributed by atoms with Gasteiger partial charge in [0.2, 0.25) is 5.89 Å². The Labute approximate surface area is 169 Å². The quantitative estimate of drug-likeness (QED) is 0.620. The van der Waals surface area contributed by atoms with Crippen LogP contribution in [0.15, 0.2) is 35.0 Å².